The van der Waals surface area contributed by atoms with Crippen LogP contribution in [0.3, 0.4) is 0 Å². The van der Waals surface area contributed by atoms with Crippen LogP contribution in [0.4, 0.5) is 0 Å². The van der Waals surface area contributed by atoms with Crippen molar-refractivity contribution < 1.29 is 6.17 Å². The predicted molar refractivity (Wildman–Crippen MR) is 40.3 cm³/mol. The maximum atomic E-state index is 10.1. The monoisotopic (exact) mass is 132 g/mol. The third kappa shape index (κ3) is 35.0. The summed E-state index contributed by atoms with van der Waals surface area (Å²) in [6.45, 7) is 4.58. The predicted octanol–water partition coefficient (Wildman–Crippen LogP) is 1.34. The lowest BCUT2D eigenvalue weighted by atomic mass is 10.3. The molecular weight excluding hydrogens is 114 g/mol. The number of Topliss-reactive ketones (excluding diaryl/α,β-unsaturated/α-hetero) is 1. The van der Waals surface area contributed by atoms with Crippen LogP contribution in [0.5, 0.6) is 0 Å². The summed E-state index contributed by atoms with van der Waals surface area (Å²) in [5.41, 5.74) is 4.85. The standard InChI is InChI=1S/C5H10O.C2H7N/c1-3-4-5(2)6;1-2-3/h3-4H2,1-2H3;2-3H2,1H3/i1D;. The Bertz CT molecular complexity index is 76.0. The summed E-state index contributed by atoms with van der Waals surface area (Å²) in [4.78, 5) is 10.1. The van der Waals surface area contributed by atoms with Gasteiger partial charge in [-0.15, -0.1) is 0 Å². The van der Waals surface area contributed by atoms with E-state index in [1.54, 1.807) is 6.92 Å². The van der Waals surface area contributed by atoms with Gasteiger partial charge in [0, 0.05) is 7.79 Å². The molecule has 0 rings (SSSR count). The van der Waals surface area contributed by atoms with Crippen LogP contribution in [0.15, 0.2) is 0 Å². The lowest BCUT2D eigenvalue weighted by molar-refractivity contribution is -0.117. The lowest BCUT2D eigenvalue weighted by Crippen LogP contribution is -1.87. The summed E-state index contributed by atoms with van der Waals surface area (Å²) in [7, 11) is 0. The van der Waals surface area contributed by atoms with E-state index in [1.165, 1.54) is 0 Å². The molecule has 0 bridgehead atoms. The largest absolute Gasteiger partial charge is 0.331 e. The van der Waals surface area contributed by atoms with E-state index >= 15 is 0 Å². The van der Waals surface area contributed by atoms with Crippen LogP contribution in [0, 0.1) is 0 Å². The maximum Gasteiger partial charge on any atom is 0.129 e. The highest BCUT2D eigenvalue weighted by Crippen LogP contribution is 1.84. The first-order chi connectivity index (χ1) is 4.68. The smallest absolute Gasteiger partial charge is 0.129 e. The number of hydrogen-bond acceptors (Lipinski definition) is 2. The average molecular weight is 132 g/mol. The average Bonchev–Trinajstić information content (AvgIpc) is 1.85. The fourth-order valence-corrected chi connectivity index (χ4v) is 0.249. The molecule has 0 saturated heterocycles. The van der Waals surface area contributed by atoms with Gasteiger partial charge in [0.05, 0.1) is 0 Å². The molecule has 0 unspecified atom stereocenters. The Hall–Kier alpha value is -0.370. The normalized spacial score (nSPS) is 9.00. The summed E-state index contributed by atoms with van der Waals surface area (Å²) in [6.07, 6.45) is 1.29. The van der Waals surface area contributed by atoms with Crippen molar-refractivity contribution in [1.82, 2.24) is 0 Å². The molecule has 2 nitrogen and oxygen atoms in total. The number of ketones is 1. The zero-order valence-electron chi connectivity index (χ0n) is 7.31. The molecule has 0 aromatic heterocycles. The van der Waals surface area contributed by atoms with Gasteiger partial charge in [0.25, 0.3) is 0 Å². The second kappa shape index (κ2) is 10.6. The van der Waals surface area contributed by atoms with E-state index in [-0.39, 0.29) is 5.78 Å². The molecule has 2 N–H and O–H groups in total. The molecule has 0 aromatic rings. The van der Waals surface area contributed by atoms with Crippen molar-refractivity contribution in [2.24, 2.45) is 5.73 Å². The van der Waals surface area contributed by atoms with Crippen LogP contribution in [0.25, 0.3) is 0 Å². The maximum absolute atomic E-state index is 10.1. The molecule has 0 aromatic carbocycles. The summed E-state index contributed by atoms with van der Waals surface area (Å²) in [5, 5.41) is 0. The first kappa shape index (κ1) is 8.63. The molecule has 0 amide bonds. The molecule has 0 aliphatic carbocycles. The Morgan fingerprint density at radius 1 is 1.78 bits per heavy atom. The van der Waals surface area contributed by atoms with Gasteiger partial charge in [-0.1, -0.05) is 13.8 Å². The molecule has 0 radical (unpaired) electrons. The molecule has 56 valence electrons. The molecule has 2 heteroatoms. The lowest BCUT2D eigenvalue weighted by Gasteiger charge is -1.80. The zero-order chi connectivity index (χ0) is 8.41. The van der Waals surface area contributed by atoms with Crippen LogP contribution >= 0.6 is 0 Å². The number of rotatable bonds is 2. The number of nitrogens with two attached hydrogens (primary N) is 1. The molecule has 0 fully saturated rings. The van der Waals surface area contributed by atoms with Crippen molar-refractivity contribution in [2.75, 3.05) is 6.54 Å². The first-order valence-corrected chi connectivity index (χ1v) is 3.17. The first-order valence-electron chi connectivity index (χ1n) is 3.88. The number of carbonyl (C=O) groups is 1. The van der Waals surface area contributed by atoms with Crippen LogP contribution in [-0.2, 0) is 4.79 Å². The Balaban J connectivity index is 0. The van der Waals surface area contributed by atoms with Gasteiger partial charge in [-0.25, -0.2) is 0 Å². The summed E-state index contributed by atoms with van der Waals surface area (Å²) >= 11 is 0. The summed E-state index contributed by atoms with van der Waals surface area (Å²) in [6, 6.07) is 0. The molecule has 9 heavy (non-hydrogen) atoms. The highest BCUT2D eigenvalue weighted by atomic mass is 16.1. The van der Waals surface area contributed by atoms with Crippen molar-refractivity contribution in [3.63, 3.8) is 0 Å². The van der Waals surface area contributed by atoms with E-state index in [9.17, 15) is 4.79 Å². The van der Waals surface area contributed by atoms with E-state index in [4.69, 9.17) is 7.10 Å². The van der Waals surface area contributed by atoms with Crippen molar-refractivity contribution >= 4 is 5.78 Å². The number of hydrogen-bond donors (Lipinski definition) is 1. The highest BCUT2D eigenvalue weighted by molar-refractivity contribution is 5.75. The quantitative estimate of drug-likeness (QED) is 0.616. The third-order valence-electron chi connectivity index (χ3n) is 0.529. The molecule has 0 spiro atoms. The number of carbonyl (C=O) groups excluding carboxylic acids is 1. The topological polar surface area (TPSA) is 43.1 Å². The second-order valence-electron chi connectivity index (χ2n) is 1.71. The molecule has 0 saturated carbocycles. The van der Waals surface area contributed by atoms with Crippen molar-refractivity contribution in [3.8, 4) is 0 Å². The zero-order valence-corrected chi connectivity index (χ0v) is 6.31. The fraction of sp³-hybridized carbons (Fsp3) is 0.857. The molecule has 0 aliphatic heterocycles. The Kier molecular flexibility index (Phi) is 10.1. The van der Waals surface area contributed by atoms with Gasteiger partial charge in [-0.05, 0) is 19.9 Å². The van der Waals surface area contributed by atoms with Crippen LogP contribution in [0.2, 0.25) is 0 Å². The second-order valence-corrected chi connectivity index (χ2v) is 1.71. The van der Waals surface area contributed by atoms with Gasteiger partial charge in [-0.2, -0.15) is 0 Å². The van der Waals surface area contributed by atoms with Crippen molar-refractivity contribution in [3.05, 3.63) is 0 Å². The Morgan fingerprint density at radius 3 is 2.33 bits per heavy atom. The van der Waals surface area contributed by atoms with E-state index in [0.717, 1.165) is 13.0 Å². The van der Waals surface area contributed by atoms with Crippen molar-refractivity contribution in [2.45, 2.75) is 33.6 Å². The van der Waals surface area contributed by atoms with E-state index < -0.39 is 0 Å². The Labute approximate surface area is 58.8 Å². The molecule has 0 atom stereocenters. The van der Waals surface area contributed by atoms with E-state index in [1.807, 2.05) is 6.92 Å². The van der Waals surface area contributed by atoms with Gasteiger partial charge >= 0.3 is 0 Å². The third-order valence-corrected chi connectivity index (χ3v) is 0.529. The molecule has 0 heterocycles. The summed E-state index contributed by atoms with van der Waals surface area (Å²) < 4.78 is 6.64. The van der Waals surface area contributed by atoms with Gasteiger partial charge < -0.3 is 10.5 Å². The van der Waals surface area contributed by atoms with Crippen molar-refractivity contribution in [1.29, 1.82) is 0 Å². The SMILES string of the molecule is CCN.[2H]CCCC(C)=O. The molecular formula is C7H17NO. The van der Waals surface area contributed by atoms with Gasteiger partial charge in [0.2, 0.25) is 0 Å². The van der Waals surface area contributed by atoms with Crippen LogP contribution in [-0.4, -0.2) is 12.3 Å². The van der Waals surface area contributed by atoms with E-state index in [2.05, 4.69) is 0 Å². The van der Waals surface area contributed by atoms with Gasteiger partial charge in [0.1, 0.15) is 5.78 Å². The minimum Gasteiger partial charge on any atom is -0.331 e. The minimum atomic E-state index is 0.187. The van der Waals surface area contributed by atoms with Gasteiger partial charge in [0.15, 0.2) is 0 Å². The van der Waals surface area contributed by atoms with Gasteiger partial charge in [-0.3, -0.25) is 0 Å². The highest BCUT2D eigenvalue weighted by Gasteiger charge is 1.83. The molecule has 0 aliphatic rings. The minimum absolute atomic E-state index is 0.187. The Morgan fingerprint density at radius 2 is 2.22 bits per heavy atom. The summed E-state index contributed by atoms with van der Waals surface area (Å²) in [5.74, 6) is 0.187. The van der Waals surface area contributed by atoms with E-state index in [0.29, 0.717) is 13.3 Å². The fourth-order valence-electron chi connectivity index (χ4n) is 0.249. The van der Waals surface area contributed by atoms with Crippen LogP contribution in [0.1, 0.15) is 35.0 Å². The van der Waals surface area contributed by atoms with Crippen LogP contribution < -0.4 is 5.73 Å².